The number of benzene rings is 1. The molecule has 3 N–H and O–H groups in total. The van der Waals surface area contributed by atoms with E-state index in [0.717, 1.165) is 25.0 Å². The molecule has 21 heavy (non-hydrogen) atoms. The Kier molecular flexibility index (Phi) is 9.44. The molecular weight excluding hydrogens is 268 g/mol. The topological polar surface area (TPSA) is 73.6 Å². The van der Waals surface area contributed by atoms with Gasteiger partial charge in [-0.15, -0.1) is 0 Å². The second-order valence-electron chi connectivity index (χ2n) is 4.74. The van der Waals surface area contributed by atoms with E-state index in [2.05, 4.69) is 12.2 Å². The van der Waals surface area contributed by atoms with Gasteiger partial charge in [-0.25, -0.2) is 0 Å². The molecule has 5 heteroatoms. The average molecular weight is 294 g/mol. The van der Waals surface area contributed by atoms with E-state index in [1.165, 1.54) is 0 Å². The molecule has 0 aliphatic rings. The van der Waals surface area contributed by atoms with Crippen molar-refractivity contribution in [1.82, 2.24) is 5.32 Å². The summed E-state index contributed by atoms with van der Waals surface area (Å²) in [4.78, 5) is 11.8. The van der Waals surface area contributed by atoms with E-state index >= 15 is 0 Å². The standard InChI is InChI=1S/C16H26N2O3/c1-2-3-9-20-11-12-21-10-8-18-16(19)15-6-4-14(13-17)5-7-15/h4-7H,2-3,8-13,17H2,1H3,(H,18,19). The van der Waals surface area contributed by atoms with E-state index < -0.39 is 0 Å². The Morgan fingerprint density at radius 1 is 1.10 bits per heavy atom. The number of rotatable bonds is 11. The first-order valence-corrected chi connectivity index (χ1v) is 7.50. The van der Waals surface area contributed by atoms with Gasteiger partial charge >= 0.3 is 0 Å². The number of amides is 1. The lowest BCUT2D eigenvalue weighted by Gasteiger charge is -2.07. The van der Waals surface area contributed by atoms with Crippen molar-refractivity contribution >= 4 is 5.91 Å². The van der Waals surface area contributed by atoms with Crippen LogP contribution >= 0.6 is 0 Å². The maximum Gasteiger partial charge on any atom is 0.251 e. The zero-order valence-electron chi connectivity index (χ0n) is 12.8. The van der Waals surface area contributed by atoms with Crippen LogP contribution in [0.1, 0.15) is 35.7 Å². The first kappa shape index (κ1) is 17.6. The van der Waals surface area contributed by atoms with E-state index in [-0.39, 0.29) is 5.91 Å². The van der Waals surface area contributed by atoms with E-state index in [4.69, 9.17) is 15.2 Å². The molecule has 0 radical (unpaired) electrons. The van der Waals surface area contributed by atoms with Crippen LogP contribution in [0, 0.1) is 0 Å². The molecule has 0 atom stereocenters. The van der Waals surface area contributed by atoms with Gasteiger partial charge in [0.05, 0.1) is 19.8 Å². The first-order valence-electron chi connectivity index (χ1n) is 7.50. The first-order chi connectivity index (χ1) is 10.3. The minimum absolute atomic E-state index is 0.0960. The van der Waals surface area contributed by atoms with Crippen molar-refractivity contribution in [3.05, 3.63) is 35.4 Å². The quantitative estimate of drug-likeness (QED) is 0.609. The SMILES string of the molecule is CCCCOCCOCCNC(=O)c1ccc(CN)cc1. The molecule has 0 aliphatic carbocycles. The van der Waals surface area contributed by atoms with Crippen LogP contribution in [0.3, 0.4) is 0 Å². The fraction of sp³-hybridized carbons (Fsp3) is 0.562. The molecule has 0 spiro atoms. The zero-order chi connectivity index (χ0) is 15.3. The smallest absolute Gasteiger partial charge is 0.251 e. The number of hydrogen-bond acceptors (Lipinski definition) is 4. The Morgan fingerprint density at radius 2 is 1.76 bits per heavy atom. The van der Waals surface area contributed by atoms with Gasteiger partial charge < -0.3 is 20.5 Å². The molecule has 0 aliphatic heterocycles. The van der Waals surface area contributed by atoms with E-state index in [9.17, 15) is 4.79 Å². The van der Waals surface area contributed by atoms with Crippen molar-refractivity contribution < 1.29 is 14.3 Å². The predicted octanol–water partition coefficient (Wildman–Crippen LogP) is 1.71. The highest BCUT2D eigenvalue weighted by molar-refractivity contribution is 5.94. The monoisotopic (exact) mass is 294 g/mol. The van der Waals surface area contributed by atoms with Crippen LogP contribution < -0.4 is 11.1 Å². The fourth-order valence-electron chi connectivity index (χ4n) is 1.70. The van der Waals surface area contributed by atoms with Crippen molar-refractivity contribution in [3.8, 4) is 0 Å². The van der Waals surface area contributed by atoms with Gasteiger partial charge in [-0.2, -0.15) is 0 Å². The van der Waals surface area contributed by atoms with E-state index in [0.29, 0.717) is 38.5 Å². The summed E-state index contributed by atoms with van der Waals surface area (Å²) < 4.78 is 10.8. The van der Waals surface area contributed by atoms with Crippen molar-refractivity contribution in [2.45, 2.75) is 26.3 Å². The molecule has 1 rings (SSSR count). The summed E-state index contributed by atoms with van der Waals surface area (Å²) in [7, 11) is 0. The van der Waals surface area contributed by atoms with Crippen LogP contribution in [-0.2, 0) is 16.0 Å². The molecule has 1 amide bonds. The summed E-state index contributed by atoms with van der Waals surface area (Å²) in [5, 5.41) is 2.81. The van der Waals surface area contributed by atoms with Crippen LogP contribution in [0.25, 0.3) is 0 Å². The van der Waals surface area contributed by atoms with Crippen molar-refractivity contribution in [2.75, 3.05) is 33.0 Å². The fourth-order valence-corrected chi connectivity index (χ4v) is 1.70. The summed E-state index contributed by atoms with van der Waals surface area (Å²) in [6.07, 6.45) is 2.22. The molecular formula is C16H26N2O3. The zero-order valence-corrected chi connectivity index (χ0v) is 12.8. The van der Waals surface area contributed by atoms with Gasteiger partial charge in [-0.05, 0) is 24.1 Å². The van der Waals surface area contributed by atoms with Crippen LogP contribution in [0.15, 0.2) is 24.3 Å². The number of unbranched alkanes of at least 4 members (excludes halogenated alkanes) is 1. The third-order valence-corrected chi connectivity index (χ3v) is 3.00. The van der Waals surface area contributed by atoms with Crippen LogP contribution in [-0.4, -0.2) is 38.9 Å². The van der Waals surface area contributed by atoms with Crippen LogP contribution in [0.5, 0.6) is 0 Å². The van der Waals surface area contributed by atoms with Crippen LogP contribution in [0.4, 0.5) is 0 Å². The molecule has 118 valence electrons. The highest BCUT2D eigenvalue weighted by atomic mass is 16.5. The van der Waals surface area contributed by atoms with Crippen molar-refractivity contribution in [3.63, 3.8) is 0 Å². The van der Waals surface area contributed by atoms with Gasteiger partial charge in [0.15, 0.2) is 0 Å². The number of hydrogen-bond donors (Lipinski definition) is 2. The summed E-state index contributed by atoms with van der Waals surface area (Å²) >= 11 is 0. The third-order valence-electron chi connectivity index (χ3n) is 3.00. The lowest BCUT2D eigenvalue weighted by molar-refractivity contribution is 0.0472. The minimum Gasteiger partial charge on any atom is -0.379 e. The van der Waals surface area contributed by atoms with Crippen molar-refractivity contribution in [2.24, 2.45) is 5.73 Å². The number of ether oxygens (including phenoxy) is 2. The number of carbonyl (C=O) groups excluding carboxylic acids is 1. The largest absolute Gasteiger partial charge is 0.379 e. The number of carbonyl (C=O) groups is 1. The summed E-state index contributed by atoms with van der Waals surface area (Å²) in [5.41, 5.74) is 7.16. The highest BCUT2D eigenvalue weighted by Crippen LogP contribution is 2.03. The second kappa shape index (κ2) is 11.3. The molecule has 0 bridgehead atoms. The van der Waals surface area contributed by atoms with Gasteiger partial charge in [0.1, 0.15) is 0 Å². The predicted molar refractivity (Wildman–Crippen MR) is 83.2 cm³/mol. The van der Waals surface area contributed by atoms with Gasteiger partial charge in [0, 0.05) is 25.3 Å². The number of nitrogens with two attached hydrogens (primary N) is 1. The van der Waals surface area contributed by atoms with Crippen molar-refractivity contribution in [1.29, 1.82) is 0 Å². The van der Waals surface area contributed by atoms with Gasteiger partial charge in [0.2, 0.25) is 0 Å². The van der Waals surface area contributed by atoms with Gasteiger partial charge in [-0.1, -0.05) is 25.5 Å². The Labute approximate surface area is 126 Å². The molecule has 0 heterocycles. The molecule has 5 nitrogen and oxygen atoms in total. The van der Waals surface area contributed by atoms with Crippen LogP contribution in [0.2, 0.25) is 0 Å². The molecule has 0 fully saturated rings. The Balaban J connectivity index is 2.05. The molecule has 0 unspecified atom stereocenters. The van der Waals surface area contributed by atoms with Gasteiger partial charge in [-0.3, -0.25) is 4.79 Å². The highest BCUT2D eigenvalue weighted by Gasteiger charge is 2.04. The molecule has 0 saturated heterocycles. The summed E-state index contributed by atoms with van der Waals surface area (Å²) in [6, 6.07) is 7.28. The Morgan fingerprint density at radius 3 is 2.38 bits per heavy atom. The average Bonchev–Trinajstić information content (AvgIpc) is 2.53. The maximum atomic E-state index is 11.8. The maximum absolute atomic E-state index is 11.8. The van der Waals surface area contributed by atoms with E-state index in [1.807, 2.05) is 12.1 Å². The van der Waals surface area contributed by atoms with E-state index in [1.54, 1.807) is 12.1 Å². The molecule has 1 aromatic rings. The molecule has 0 saturated carbocycles. The second-order valence-corrected chi connectivity index (χ2v) is 4.74. The molecule has 1 aromatic carbocycles. The van der Waals surface area contributed by atoms with Gasteiger partial charge in [0.25, 0.3) is 5.91 Å². The number of nitrogens with one attached hydrogen (secondary N) is 1. The lowest BCUT2D eigenvalue weighted by Crippen LogP contribution is -2.27. The summed E-state index contributed by atoms with van der Waals surface area (Å²) in [6.45, 7) is 5.55. The Hall–Kier alpha value is -1.43. The lowest BCUT2D eigenvalue weighted by atomic mass is 10.1. The normalized spacial score (nSPS) is 10.6. The Bertz CT molecular complexity index is 393. The summed E-state index contributed by atoms with van der Waals surface area (Å²) in [5.74, 6) is -0.0960. The minimum atomic E-state index is -0.0960. The molecule has 0 aromatic heterocycles. The third kappa shape index (κ3) is 7.80.